The summed E-state index contributed by atoms with van der Waals surface area (Å²) in [5.74, 6) is -2.55. The Balaban J connectivity index is 1.04. The summed E-state index contributed by atoms with van der Waals surface area (Å²) in [5.41, 5.74) is 3.01. The minimum Gasteiger partial charge on any atom is -0.354 e. The highest BCUT2D eigenvalue weighted by Gasteiger charge is 2.49. The van der Waals surface area contributed by atoms with Crippen LogP contribution in [-0.4, -0.2) is 84.6 Å². The van der Waals surface area contributed by atoms with Crippen molar-refractivity contribution in [2.24, 2.45) is 11.8 Å². The first-order valence-corrected chi connectivity index (χ1v) is 22.6. The highest BCUT2D eigenvalue weighted by molar-refractivity contribution is 5.99. The predicted molar refractivity (Wildman–Crippen MR) is 236 cm³/mol. The van der Waals surface area contributed by atoms with Gasteiger partial charge in [-0.1, -0.05) is 113 Å². The van der Waals surface area contributed by atoms with Gasteiger partial charge in [-0.2, -0.15) is 0 Å². The molecule has 1 saturated heterocycles. The lowest BCUT2D eigenvalue weighted by Crippen LogP contribution is -2.48. The van der Waals surface area contributed by atoms with Crippen LogP contribution in [0.4, 0.5) is 0 Å². The van der Waals surface area contributed by atoms with Gasteiger partial charge in [0.1, 0.15) is 6.04 Å². The third kappa shape index (κ3) is 13.0. The van der Waals surface area contributed by atoms with Crippen molar-refractivity contribution >= 4 is 35.4 Å². The molecule has 3 aliphatic rings. The molecule has 2 aliphatic carbocycles. The van der Waals surface area contributed by atoms with Crippen molar-refractivity contribution in [1.29, 1.82) is 0 Å². The quantitative estimate of drug-likeness (QED) is 0.0737. The number of likely N-dealkylation sites (tertiary alicyclic amines) is 1. The first-order valence-electron chi connectivity index (χ1n) is 22.6. The van der Waals surface area contributed by atoms with Crippen LogP contribution in [0.25, 0.3) is 0 Å². The molecule has 0 radical (unpaired) electrons. The Morgan fingerprint density at radius 2 is 1.13 bits per heavy atom. The molecule has 6 amide bonds. The molecule has 61 heavy (non-hydrogen) atoms. The fourth-order valence-corrected chi connectivity index (χ4v) is 8.44. The van der Waals surface area contributed by atoms with Crippen molar-refractivity contribution in [3.05, 3.63) is 107 Å². The number of amides is 6. The van der Waals surface area contributed by atoms with Crippen molar-refractivity contribution in [3.8, 4) is 0 Å². The van der Waals surface area contributed by atoms with E-state index in [-0.39, 0.29) is 85.4 Å². The number of hydrogen-bond donors (Lipinski definition) is 5. The zero-order valence-corrected chi connectivity index (χ0v) is 35.8. The maximum atomic E-state index is 13.9. The Bertz CT molecular complexity index is 1870. The SMILES string of the molecule is CCCCCCNC(=O)[C@H](CCNC(=O)c1ccc(C(=O)N2C[C@@H](C(=O)N[C@H]3C[C@@H]3c3ccccc3)[C@H](C(=O)N[C@H]3C[C@@H]3c3ccccc3)C2)cc1)NC(=O)CCCCCC. The van der Waals surface area contributed by atoms with Crippen molar-refractivity contribution in [2.45, 2.75) is 121 Å². The van der Waals surface area contributed by atoms with E-state index in [1.54, 1.807) is 29.2 Å². The van der Waals surface area contributed by atoms with E-state index in [0.29, 0.717) is 24.1 Å². The number of nitrogens with zero attached hydrogens (tertiary/aromatic N) is 1. The zero-order chi connectivity index (χ0) is 43.1. The maximum absolute atomic E-state index is 13.9. The van der Waals surface area contributed by atoms with Gasteiger partial charge in [0.05, 0.1) is 11.8 Å². The normalized spacial score (nSPS) is 21.8. The van der Waals surface area contributed by atoms with Gasteiger partial charge in [-0.05, 0) is 67.5 Å². The fraction of sp³-hybridized carbons (Fsp3) is 0.510. The van der Waals surface area contributed by atoms with E-state index in [9.17, 15) is 28.8 Å². The lowest BCUT2D eigenvalue weighted by molar-refractivity contribution is -0.133. The van der Waals surface area contributed by atoms with Gasteiger partial charge in [-0.3, -0.25) is 28.8 Å². The number of nitrogens with one attached hydrogen (secondary N) is 5. The van der Waals surface area contributed by atoms with Crippen molar-refractivity contribution in [2.75, 3.05) is 26.2 Å². The molecule has 0 spiro atoms. The molecule has 5 N–H and O–H groups in total. The van der Waals surface area contributed by atoms with Crippen molar-refractivity contribution < 1.29 is 28.8 Å². The summed E-state index contributed by atoms with van der Waals surface area (Å²) in [7, 11) is 0. The van der Waals surface area contributed by atoms with E-state index >= 15 is 0 Å². The summed E-state index contributed by atoms with van der Waals surface area (Å²) in [5, 5.41) is 15.0. The average Bonchev–Trinajstić information content (AvgIpc) is 4.19. The van der Waals surface area contributed by atoms with Crippen LogP contribution in [0.1, 0.15) is 135 Å². The van der Waals surface area contributed by atoms with Gasteiger partial charge >= 0.3 is 0 Å². The third-order valence-corrected chi connectivity index (χ3v) is 12.3. The lowest BCUT2D eigenvalue weighted by atomic mass is 9.94. The van der Waals surface area contributed by atoms with E-state index in [2.05, 4.69) is 64.7 Å². The summed E-state index contributed by atoms with van der Waals surface area (Å²) >= 11 is 0. The van der Waals surface area contributed by atoms with Crippen LogP contribution in [0, 0.1) is 11.8 Å². The number of carbonyl (C=O) groups excluding carboxylic acids is 6. The minimum atomic E-state index is -0.772. The summed E-state index contributed by atoms with van der Waals surface area (Å²) in [6.45, 7) is 5.13. The summed E-state index contributed by atoms with van der Waals surface area (Å²) in [6, 6.07) is 25.6. The first-order chi connectivity index (χ1) is 29.7. The molecule has 7 atom stereocenters. The third-order valence-electron chi connectivity index (χ3n) is 12.3. The molecule has 1 heterocycles. The Morgan fingerprint density at radius 1 is 0.607 bits per heavy atom. The highest BCUT2D eigenvalue weighted by atomic mass is 16.2. The van der Waals surface area contributed by atoms with Gasteiger partial charge in [-0.15, -0.1) is 0 Å². The molecule has 0 unspecified atom stereocenters. The van der Waals surface area contributed by atoms with Crippen LogP contribution in [-0.2, 0) is 19.2 Å². The smallest absolute Gasteiger partial charge is 0.253 e. The van der Waals surface area contributed by atoms with Crippen LogP contribution in [0.2, 0.25) is 0 Å². The summed E-state index contributed by atoms with van der Waals surface area (Å²) in [6.07, 6.45) is 10.1. The van der Waals surface area contributed by atoms with E-state index < -0.39 is 17.9 Å². The molecule has 1 aliphatic heterocycles. The average molecular weight is 833 g/mol. The van der Waals surface area contributed by atoms with E-state index in [1.165, 1.54) is 11.1 Å². The Labute approximate surface area is 360 Å². The van der Waals surface area contributed by atoms with Gasteiger partial charge in [0.2, 0.25) is 23.6 Å². The molecule has 2 saturated carbocycles. The second-order valence-electron chi connectivity index (χ2n) is 17.1. The Kier molecular flexibility index (Phi) is 16.5. The fourth-order valence-electron chi connectivity index (χ4n) is 8.44. The molecule has 0 aromatic heterocycles. The highest BCUT2D eigenvalue weighted by Crippen LogP contribution is 2.42. The number of unbranched alkanes of at least 4 members (excludes halogenated alkanes) is 6. The molecular formula is C49H64N6O6. The molecule has 12 heteroatoms. The van der Waals surface area contributed by atoms with Crippen LogP contribution >= 0.6 is 0 Å². The van der Waals surface area contributed by atoms with Crippen molar-refractivity contribution in [1.82, 2.24) is 31.5 Å². The van der Waals surface area contributed by atoms with Gasteiger partial charge in [0.25, 0.3) is 11.8 Å². The molecule has 3 aromatic rings. The molecule has 12 nitrogen and oxygen atoms in total. The number of rotatable bonds is 23. The maximum Gasteiger partial charge on any atom is 0.253 e. The number of benzene rings is 3. The van der Waals surface area contributed by atoms with Gasteiger partial charge in [0.15, 0.2) is 0 Å². The standard InChI is InChI=1S/C49H64N6O6/c1-3-5-7-15-21-44(56)52-41(48(60)50-27-16-8-6-4-2)26-28-51-45(57)35-22-24-36(25-23-35)49(61)55-31-39(46(58)53-42-29-37(42)33-17-11-9-12-18-33)40(32-55)47(59)54-43-30-38(43)34-19-13-10-14-20-34/h9-14,17-20,22-25,37-43H,3-8,15-16,21,26-32H2,1-2H3,(H,50,60)(H,51,57)(H,52,56)(H,53,58)(H,54,59)/t37-,38-,39-,40-,41+,42+,43+/m1/s1. The van der Waals surface area contributed by atoms with Gasteiger partial charge < -0.3 is 31.5 Å². The number of hydrogen-bond acceptors (Lipinski definition) is 6. The summed E-state index contributed by atoms with van der Waals surface area (Å²) in [4.78, 5) is 82.2. The van der Waals surface area contributed by atoms with E-state index in [1.807, 2.05) is 36.4 Å². The van der Waals surface area contributed by atoms with Gasteiger partial charge in [-0.25, -0.2) is 0 Å². The van der Waals surface area contributed by atoms with Gasteiger partial charge in [0, 0.05) is 67.6 Å². The largest absolute Gasteiger partial charge is 0.354 e. The minimum absolute atomic E-state index is 0.0182. The molecular weight excluding hydrogens is 769 g/mol. The van der Waals surface area contributed by atoms with Crippen LogP contribution in [0.3, 0.4) is 0 Å². The number of carbonyl (C=O) groups is 6. The van der Waals surface area contributed by atoms with E-state index in [4.69, 9.17) is 0 Å². The van der Waals surface area contributed by atoms with E-state index in [0.717, 1.165) is 64.2 Å². The topological polar surface area (TPSA) is 166 Å². The monoisotopic (exact) mass is 832 g/mol. The molecule has 0 bridgehead atoms. The molecule has 6 rings (SSSR count). The molecule has 3 aromatic carbocycles. The molecule has 326 valence electrons. The zero-order valence-electron chi connectivity index (χ0n) is 35.8. The van der Waals surface area contributed by atoms with Crippen LogP contribution in [0.15, 0.2) is 84.9 Å². The van der Waals surface area contributed by atoms with Crippen LogP contribution < -0.4 is 26.6 Å². The Morgan fingerprint density at radius 3 is 1.67 bits per heavy atom. The predicted octanol–water partition coefficient (Wildman–Crippen LogP) is 5.99. The second-order valence-corrected chi connectivity index (χ2v) is 17.1. The van der Waals surface area contributed by atoms with Crippen LogP contribution in [0.5, 0.6) is 0 Å². The summed E-state index contributed by atoms with van der Waals surface area (Å²) < 4.78 is 0. The molecule has 3 fully saturated rings. The van der Waals surface area contributed by atoms with Crippen molar-refractivity contribution in [3.63, 3.8) is 0 Å². The first kappa shape index (κ1) is 45.0. The Hall–Kier alpha value is -5.52. The second kappa shape index (κ2) is 22.4. The lowest BCUT2D eigenvalue weighted by Gasteiger charge is -2.19.